The molecule has 0 unspecified atom stereocenters. The van der Waals surface area contributed by atoms with E-state index in [1.807, 2.05) is 11.3 Å². The average molecular weight is 402 g/mol. The normalized spacial score (nSPS) is 22.9. The Labute approximate surface area is 169 Å². The van der Waals surface area contributed by atoms with E-state index in [-0.39, 0.29) is 5.91 Å². The number of nitrogens with zero attached hydrogens (tertiary/aromatic N) is 3. The summed E-state index contributed by atoms with van der Waals surface area (Å²) in [6, 6.07) is 0. The van der Waals surface area contributed by atoms with Gasteiger partial charge in [-0.15, -0.1) is 11.3 Å². The third kappa shape index (κ3) is 3.63. The molecule has 27 heavy (non-hydrogen) atoms. The first-order valence-electron chi connectivity index (χ1n) is 10.4. The van der Waals surface area contributed by atoms with Crippen molar-refractivity contribution < 1.29 is 4.79 Å². The van der Waals surface area contributed by atoms with Gasteiger partial charge in [0, 0.05) is 29.3 Å². The van der Waals surface area contributed by atoms with Crippen LogP contribution in [0.1, 0.15) is 67.6 Å². The Hall–Kier alpha value is -1.14. The highest BCUT2D eigenvalue weighted by Crippen LogP contribution is 2.44. The molecule has 2 aromatic rings. The summed E-state index contributed by atoms with van der Waals surface area (Å²) >= 11 is 3.53. The second kappa shape index (κ2) is 7.36. The molecule has 1 atom stereocenters. The van der Waals surface area contributed by atoms with Crippen LogP contribution in [-0.2, 0) is 17.6 Å². The number of rotatable bonds is 4. The first kappa shape index (κ1) is 17.9. The molecular formula is C21H27N3OS2. The molecule has 0 N–H and O–H groups in total. The third-order valence-corrected chi connectivity index (χ3v) is 8.23. The van der Waals surface area contributed by atoms with Crippen LogP contribution in [0.25, 0.3) is 10.2 Å². The van der Waals surface area contributed by atoms with Crippen LogP contribution in [0.3, 0.4) is 0 Å². The smallest absolute Gasteiger partial charge is 0.232 e. The van der Waals surface area contributed by atoms with Crippen LogP contribution >= 0.6 is 23.1 Å². The molecule has 1 saturated heterocycles. The maximum Gasteiger partial charge on any atom is 0.232 e. The van der Waals surface area contributed by atoms with Crippen molar-refractivity contribution in [1.29, 1.82) is 0 Å². The summed E-state index contributed by atoms with van der Waals surface area (Å²) in [5.41, 5.74) is 1.48. The van der Waals surface area contributed by atoms with Gasteiger partial charge in [0.15, 0.2) is 0 Å². The summed E-state index contributed by atoms with van der Waals surface area (Å²) < 4.78 is 0. The lowest BCUT2D eigenvalue weighted by atomic mass is 9.97. The van der Waals surface area contributed by atoms with Gasteiger partial charge in [-0.1, -0.05) is 18.7 Å². The Balaban J connectivity index is 1.42. The number of thiophene rings is 1. The first-order chi connectivity index (χ1) is 13.2. The Morgan fingerprint density at radius 2 is 2.04 bits per heavy atom. The molecular weight excluding hydrogens is 374 g/mol. The van der Waals surface area contributed by atoms with Gasteiger partial charge in [-0.25, -0.2) is 9.97 Å². The quantitative estimate of drug-likeness (QED) is 0.545. The summed E-state index contributed by atoms with van der Waals surface area (Å²) in [7, 11) is 0. The standard InChI is InChI=1S/C21H27N3OS2/c1-13-5-4-10-24(11-13)17(25)12-26-20-18-15-6-2-3-7-16(15)27-21(18)23-19(22-20)14-8-9-14/h13-14H,2-12H2,1H3/t13-/m0/s1. The molecule has 1 saturated carbocycles. The molecule has 2 aliphatic carbocycles. The van der Waals surface area contributed by atoms with Crippen molar-refractivity contribution in [2.24, 2.45) is 5.92 Å². The topological polar surface area (TPSA) is 46.1 Å². The van der Waals surface area contributed by atoms with Crippen molar-refractivity contribution in [2.45, 2.75) is 69.2 Å². The van der Waals surface area contributed by atoms with E-state index in [0.717, 1.165) is 36.8 Å². The first-order valence-corrected chi connectivity index (χ1v) is 12.2. The number of carbonyl (C=O) groups is 1. The number of hydrogen-bond donors (Lipinski definition) is 0. The highest BCUT2D eigenvalue weighted by Gasteiger charge is 2.30. The second-order valence-corrected chi connectivity index (χ2v) is 10.5. The van der Waals surface area contributed by atoms with Crippen LogP contribution in [0.2, 0.25) is 0 Å². The van der Waals surface area contributed by atoms with Gasteiger partial charge in [-0.3, -0.25) is 4.79 Å². The van der Waals surface area contributed by atoms with Crippen molar-refractivity contribution in [3.8, 4) is 0 Å². The van der Waals surface area contributed by atoms with Crippen LogP contribution < -0.4 is 0 Å². The fourth-order valence-corrected chi connectivity index (χ4v) is 6.70. The summed E-state index contributed by atoms with van der Waals surface area (Å²) in [6.07, 6.45) is 9.69. The third-order valence-electron chi connectivity index (χ3n) is 6.08. The van der Waals surface area contributed by atoms with E-state index in [4.69, 9.17) is 9.97 Å². The van der Waals surface area contributed by atoms with Crippen molar-refractivity contribution >= 4 is 39.2 Å². The molecule has 0 spiro atoms. The van der Waals surface area contributed by atoms with Gasteiger partial charge in [0.2, 0.25) is 5.91 Å². The molecule has 3 aliphatic rings. The molecule has 4 nitrogen and oxygen atoms in total. The lowest BCUT2D eigenvalue weighted by Gasteiger charge is -2.30. The maximum absolute atomic E-state index is 12.8. The van der Waals surface area contributed by atoms with Crippen molar-refractivity contribution in [3.63, 3.8) is 0 Å². The number of aromatic nitrogens is 2. The summed E-state index contributed by atoms with van der Waals surface area (Å²) in [5, 5.41) is 2.34. The number of thioether (sulfide) groups is 1. The number of hydrogen-bond acceptors (Lipinski definition) is 5. The van der Waals surface area contributed by atoms with Crippen LogP contribution in [0.4, 0.5) is 0 Å². The summed E-state index contributed by atoms with van der Waals surface area (Å²) in [4.78, 5) is 27.4. The fourth-order valence-electron chi connectivity index (χ4n) is 4.41. The molecule has 2 aromatic heterocycles. The Bertz CT molecular complexity index is 874. The van der Waals surface area contributed by atoms with Crippen LogP contribution in [0.5, 0.6) is 0 Å². The molecule has 0 aromatic carbocycles. The number of likely N-dealkylation sites (tertiary alicyclic amines) is 1. The van der Waals surface area contributed by atoms with Crippen molar-refractivity contribution in [3.05, 3.63) is 16.3 Å². The van der Waals surface area contributed by atoms with E-state index in [9.17, 15) is 4.79 Å². The summed E-state index contributed by atoms with van der Waals surface area (Å²) in [5.74, 6) is 2.97. The minimum absolute atomic E-state index is 0.274. The van der Waals surface area contributed by atoms with Gasteiger partial charge in [-0.2, -0.15) is 0 Å². The van der Waals surface area contributed by atoms with E-state index in [0.29, 0.717) is 17.6 Å². The van der Waals surface area contributed by atoms with Crippen LogP contribution in [0.15, 0.2) is 5.03 Å². The number of piperidine rings is 1. The minimum Gasteiger partial charge on any atom is -0.342 e. The van der Waals surface area contributed by atoms with E-state index in [1.165, 1.54) is 59.2 Å². The average Bonchev–Trinajstić information content (AvgIpc) is 3.46. The zero-order chi connectivity index (χ0) is 18.4. The van der Waals surface area contributed by atoms with E-state index >= 15 is 0 Å². The van der Waals surface area contributed by atoms with Gasteiger partial charge in [0.1, 0.15) is 15.7 Å². The molecule has 2 fully saturated rings. The van der Waals surface area contributed by atoms with Crippen molar-refractivity contribution in [1.82, 2.24) is 14.9 Å². The molecule has 3 heterocycles. The maximum atomic E-state index is 12.8. The van der Waals surface area contributed by atoms with E-state index < -0.39 is 0 Å². The van der Waals surface area contributed by atoms with E-state index in [2.05, 4.69) is 11.8 Å². The molecule has 1 aliphatic heterocycles. The molecule has 0 radical (unpaired) electrons. The Morgan fingerprint density at radius 3 is 2.85 bits per heavy atom. The molecule has 0 bridgehead atoms. The molecule has 144 valence electrons. The number of aryl methyl sites for hydroxylation is 2. The van der Waals surface area contributed by atoms with Gasteiger partial charge in [0.05, 0.1) is 5.75 Å². The molecule has 1 amide bonds. The van der Waals surface area contributed by atoms with Gasteiger partial charge >= 0.3 is 0 Å². The van der Waals surface area contributed by atoms with Gasteiger partial charge in [0.25, 0.3) is 0 Å². The van der Waals surface area contributed by atoms with Crippen LogP contribution in [0, 0.1) is 5.92 Å². The Morgan fingerprint density at radius 1 is 1.19 bits per heavy atom. The second-order valence-electron chi connectivity index (χ2n) is 8.43. The lowest BCUT2D eigenvalue weighted by molar-refractivity contribution is -0.130. The minimum atomic E-state index is 0.274. The number of fused-ring (bicyclic) bond motifs is 3. The monoisotopic (exact) mass is 401 g/mol. The fraction of sp³-hybridized carbons (Fsp3) is 0.667. The van der Waals surface area contributed by atoms with Gasteiger partial charge in [-0.05, 0) is 62.8 Å². The highest BCUT2D eigenvalue weighted by molar-refractivity contribution is 8.00. The van der Waals surface area contributed by atoms with Gasteiger partial charge < -0.3 is 4.90 Å². The number of carbonyl (C=O) groups excluding carboxylic acids is 1. The van der Waals surface area contributed by atoms with E-state index in [1.54, 1.807) is 11.8 Å². The summed E-state index contributed by atoms with van der Waals surface area (Å²) in [6.45, 7) is 4.09. The molecule has 6 heteroatoms. The SMILES string of the molecule is C[C@H]1CCCN(C(=O)CSc2nc(C3CC3)nc3sc4c(c23)CCCC4)C1. The number of amides is 1. The highest BCUT2D eigenvalue weighted by atomic mass is 32.2. The Kier molecular flexibility index (Phi) is 4.88. The van der Waals surface area contributed by atoms with Crippen LogP contribution in [-0.4, -0.2) is 39.6 Å². The lowest BCUT2D eigenvalue weighted by Crippen LogP contribution is -2.40. The zero-order valence-electron chi connectivity index (χ0n) is 16.0. The predicted octanol–water partition coefficient (Wildman–Crippen LogP) is 4.80. The largest absolute Gasteiger partial charge is 0.342 e. The van der Waals surface area contributed by atoms with Crippen molar-refractivity contribution in [2.75, 3.05) is 18.8 Å². The zero-order valence-corrected chi connectivity index (χ0v) is 17.6. The predicted molar refractivity (Wildman–Crippen MR) is 112 cm³/mol. The molecule has 5 rings (SSSR count).